The van der Waals surface area contributed by atoms with E-state index in [1.807, 2.05) is 42.5 Å². The van der Waals surface area contributed by atoms with Crippen LogP contribution >= 0.6 is 35.7 Å². The van der Waals surface area contributed by atoms with Gasteiger partial charge in [-0.15, -0.1) is 24.0 Å². The lowest BCUT2D eigenvalue weighted by Crippen LogP contribution is -1.89. The quantitative estimate of drug-likeness (QED) is 0.227. The Morgan fingerprint density at radius 2 is 1.25 bits per heavy atom. The molecule has 4 aromatic rings. The third kappa shape index (κ3) is 9.77. The van der Waals surface area contributed by atoms with Crippen LogP contribution < -0.4 is 0 Å². The summed E-state index contributed by atoms with van der Waals surface area (Å²) >= 11 is 7.62. The molecule has 0 aliphatic rings. The number of Topliss-reactive ketones (excluding diaryl/α,β-unsaturated/α-hetero) is 1. The Kier molecular flexibility index (Phi) is 11.1. The second kappa shape index (κ2) is 13.8. The molecule has 0 spiro atoms. The van der Waals surface area contributed by atoms with Gasteiger partial charge in [-0.25, -0.2) is 0 Å². The molecule has 0 bridgehead atoms. The van der Waals surface area contributed by atoms with Crippen molar-refractivity contribution in [2.45, 2.75) is 26.9 Å². The molecule has 0 saturated heterocycles. The van der Waals surface area contributed by atoms with Crippen molar-refractivity contribution in [1.82, 2.24) is 0 Å². The van der Waals surface area contributed by atoms with Crippen LogP contribution in [0.25, 0.3) is 11.1 Å². The molecule has 0 saturated carbocycles. The predicted octanol–water partition coefficient (Wildman–Crippen LogP) is 8.92. The van der Waals surface area contributed by atoms with Crippen LogP contribution in [-0.2, 0) is 0 Å². The second-order valence-corrected chi connectivity index (χ2v) is 9.50. The zero-order chi connectivity index (χ0) is 23.3. The van der Waals surface area contributed by atoms with Crippen molar-refractivity contribution >= 4 is 41.5 Å². The van der Waals surface area contributed by atoms with Gasteiger partial charge in [0.15, 0.2) is 5.78 Å². The van der Waals surface area contributed by atoms with Crippen LogP contribution in [0.15, 0.2) is 110 Å². The van der Waals surface area contributed by atoms with Crippen LogP contribution in [0, 0.1) is 0 Å². The van der Waals surface area contributed by atoms with Gasteiger partial charge in [0.25, 0.3) is 0 Å². The van der Waals surface area contributed by atoms with E-state index in [0.29, 0.717) is 0 Å². The van der Waals surface area contributed by atoms with Gasteiger partial charge in [0, 0.05) is 10.5 Å². The number of rotatable bonds is 4. The Bertz CT molecular complexity index is 1030. The summed E-state index contributed by atoms with van der Waals surface area (Å²) in [7, 11) is 0. The van der Waals surface area contributed by atoms with Crippen molar-refractivity contribution in [3.05, 3.63) is 103 Å². The monoisotopic (exact) mass is 490 g/mol. The van der Waals surface area contributed by atoms with Gasteiger partial charge in [0.1, 0.15) is 0 Å². The molecular weight excluding hydrogens is 469 g/mol. The van der Waals surface area contributed by atoms with Crippen LogP contribution in [0.2, 0.25) is 0 Å². The van der Waals surface area contributed by atoms with Crippen LogP contribution in [0.5, 0.6) is 0 Å². The van der Waals surface area contributed by atoms with Gasteiger partial charge in [-0.05, 0) is 42.3 Å². The van der Waals surface area contributed by atoms with Gasteiger partial charge >= 0.3 is 6.68 Å². The number of thiol groups is 1. The molecule has 1 heterocycles. The van der Waals surface area contributed by atoms with Crippen LogP contribution in [0.4, 0.5) is 13.2 Å². The van der Waals surface area contributed by atoms with Crippen molar-refractivity contribution in [3.8, 4) is 11.1 Å². The molecule has 0 N–H and O–H groups in total. The molecule has 0 unspecified atom stereocenters. The van der Waals surface area contributed by atoms with E-state index in [1.54, 1.807) is 30.0 Å². The smallest absolute Gasteiger partial charge is 0.295 e. The van der Waals surface area contributed by atoms with E-state index in [2.05, 4.69) is 67.2 Å². The first-order valence-corrected chi connectivity index (χ1v) is 11.5. The molecule has 3 aromatic carbocycles. The van der Waals surface area contributed by atoms with Gasteiger partial charge < -0.3 is 0 Å². The number of alkyl halides is 3. The van der Waals surface area contributed by atoms with Crippen molar-refractivity contribution in [2.75, 3.05) is 0 Å². The summed E-state index contributed by atoms with van der Waals surface area (Å²) in [6, 6.07) is 32.5. The maximum atomic E-state index is 11.1. The number of thiophene rings is 1. The minimum Gasteiger partial charge on any atom is -0.295 e. The van der Waals surface area contributed by atoms with E-state index in [4.69, 9.17) is 0 Å². The number of hydrogen-bond acceptors (Lipinski definition) is 4. The lowest BCUT2D eigenvalue weighted by molar-refractivity contribution is 0.00818. The predicted molar refractivity (Wildman–Crippen MR) is 131 cm³/mol. The van der Waals surface area contributed by atoms with Crippen molar-refractivity contribution < 1.29 is 18.0 Å². The average molecular weight is 491 g/mol. The fourth-order valence-corrected chi connectivity index (χ4v) is 4.90. The number of benzene rings is 3. The number of carbonyl (C=O) groups is 1. The number of ketones is 1. The topological polar surface area (TPSA) is 17.1 Å². The normalized spacial score (nSPS) is 9.94. The third-order valence-electron chi connectivity index (χ3n) is 3.93. The van der Waals surface area contributed by atoms with Crippen molar-refractivity contribution in [1.29, 1.82) is 0 Å². The molecule has 1 aromatic heterocycles. The summed E-state index contributed by atoms with van der Waals surface area (Å²) in [6.07, 6.45) is 0. The van der Waals surface area contributed by atoms with E-state index < -0.39 is 6.68 Å². The lowest BCUT2D eigenvalue weighted by Gasteiger charge is -1.99. The van der Waals surface area contributed by atoms with Gasteiger partial charge in [0.05, 0.1) is 8.42 Å². The number of halogens is 3. The van der Waals surface area contributed by atoms with Gasteiger partial charge in [0.2, 0.25) is 0 Å². The van der Waals surface area contributed by atoms with Gasteiger partial charge in [-0.2, -0.15) is 13.2 Å². The summed E-state index contributed by atoms with van der Waals surface area (Å²) in [5, 5.41) is 0. The first kappa shape index (κ1) is 25.8. The molecule has 1 nitrogen and oxygen atoms in total. The highest BCUT2D eigenvalue weighted by Crippen LogP contribution is 2.34. The standard InChI is InChI=1S/C12H10OS3.C12H10.CHF3/c1-8(13)9-2-4-10(5-3-9)15-12-7-6-11(14)16-12;1-3-7-11(8-4-1)12-9-5-2-6-10-12;2-1(3)4/h2-7,14H,1H3;1-10H;1H. The molecular formula is C25H21F3OS3. The molecule has 32 heavy (non-hydrogen) atoms. The van der Waals surface area contributed by atoms with E-state index in [0.717, 1.165) is 14.7 Å². The Morgan fingerprint density at radius 1 is 0.781 bits per heavy atom. The van der Waals surface area contributed by atoms with E-state index >= 15 is 0 Å². The lowest BCUT2D eigenvalue weighted by atomic mass is 10.1. The van der Waals surface area contributed by atoms with Gasteiger partial charge in [-0.1, -0.05) is 84.6 Å². The Morgan fingerprint density at radius 3 is 1.62 bits per heavy atom. The van der Waals surface area contributed by atoms with Crippen LogP contribution in [0.3, 0.4) is 0 Å². The molecule has 0 amide bonds. The zero-order valence-corrected chi connectivity index (χ0v) is 19.6. The molecule has 4 rings (SSSR count). The minimum absolute atomic E-state index is 0.102. The zero-order valence-electron chi connectivity index (χ0n) is 17.1. The Labute approximate surface area is 199 Å². The molecule has 0 aliphatic carbocycles. The molecule has 0 atom stereocenters. The Hall–Kier alpha value is -2.48. The number of hydrogen-bond donors (Lipinski definition) is 1. The fraction of sp³-hybridized carbons (Fsp3) is 0.0800. The largest absolute Gasteiger partial charge is 0.379 e. The average Bonchev–Trinajstić information content (AvgIpc) is 3.20. The minimum atomic E-state index is -3.67. The first-order chi connectivity index (χ1) is 15.3. The summed E-state index contributed by atoms with van der Waals surface area (Å²) in [6.45, 7) is -2.09. The maximum absolute atomic E-state index is 11.1. The molecule has 166 valence electrons. The van der Waals surface area contributed by atoms with E-state index in [1.165, 1.54) is 15.3 Å². The highest BCUT2D eigenvalue weighted by Gasteiger charge is 2.02. The summed E-state index contributed by atoms with van der Waals surface area (Å²) < 4.78 is 31.2. The number of carbonyl (C=O) groups excluding carboxylic acids is 1. The summed E-state index contributed by atoms with van der Waals surface area (Å²) in [5.41, 5.74) is 3.31. The van der Waals surface area contributed by atoms with Gasteiger partial charge in [-0.3, -0.25) is 4.79 Å². The molecule has 7 heteroatoms. The van der Waals surface area contributed by atoms with E-state index in [-0.39, 0.29) is 5.78 Å². The van der Waals surface area contributed by atoms with Crippen molar-refractivity contribution in [2.24, 2.45) is 0 Å². The van der Waals surface area contributed by atoms with Crippen molar-refractivity contribution in [3.63, 3.8) is 0 Å². The maximum Gasteiger partial charge on any atom is 0.379 e. The SMILES string of the molecule is CC(=O)c1ccc(Sc2ccc(S)s2)cc1.FC(F)F.c1ccc(-c2ccccc2)cc1. The highest BCUT2D eigenvalue weighted by atomic mass is 32.2. The summed E-state index contributed by atoms with van der Waals surface area (Å²) in [5.74, 6) is 0.102. The van der Waals surface area contributed by atoms with Crippen LogP contribution in [-0.4, -0.2) is 12.5 Å². The van der Waals surface area contributed by atoms with Crippen LogP contribution in [0.1, 0.15) is 17.3 Å². The van der Waals surface area contributed by atoms with E-state index in [9.17, 15) is 18.0 Å². The molecule has 0 aliphatic heterocycles. The highest BCUT2D eigenvalue weighted by molar-refractivity contribution is 8.01. The second-order valence-electron chi connectivity index (χ2n) is 6.25. The Balaban J connectivity index is 0.000000200. The molecule has 0 radical (unpaired) electrons. The molecule has 0 fully saturated rings. The summed E-state index contributed by atoms with van der Waals surface area (Å²) in [4.78, 5) is 12.2. The fourth-order valence-electron chi connectivity index (χ4n) is 2.50. The third-order valence-corrected chi connectivity index (χ3v) is 6.38. The first-order valence-electron chi connectivity index (χ1n) is 9.45.